The molecule has 4 heteroatoms. The zero-order chi connectivity index (χ0) is 14.4. The Kier molecular flexibility index (Phi) is 3.08. The van der Waals surface area contributed by atoms with Gasteiger partial charge in [0.1, 0.15) is 6.10 Å². The number of thiophene rings is 1. The zero-order valence-corrected chi connectivity index (χ0v) is 12.5. The van der Waals surface area contributed by atoms with Crippen molar-refractivity contribution < 1.29 is 9.90 Å². The zero-order valence-electron chi connectivity index (χ0n) is 11.7. The molecule has 21 heavy (non-hydrogen) atoms. The fourth-order valence-electron chi connectivity index (χ4n) is 3.23. The molecule has 0 radical (unpaired) electrons. The lowest BCUT2D eigenvalue weighted by molar-refractivity contribution is -0.115. The molecule has 2 heterocycles. The van der Waals surface area contributed by atoms with Gasteiger partial charge in [0.15, 0.2) is 0 Å². The highest BCUT2D eigenvalue weighted by Gasteiger charge is 2.22. The average Bonchev–Trinajstić information content (AvgIpc) is 3.07. The smallest absolute Gasteiger partial charge is 0.228 e. The number of hydrogen-bond donors (Lipinski definition) is 2. The highest BCUT2D eigenvalue weighted by molar-refractivity contribution is 7.12. The number of aliphatic hydroxyl groups excluding tert-OH is 1. The van der Waals surface area contributed by atoms with Crippen LogP contribution in [-0.2, 0) is 24.1 Å². The first-order valence-corrected chi connectivity index (χ1v) is 8.24. The third-order valence-corrected chi connectivity index (χ3v) is 5.64. The van der Waals surface area contributed by atoms with E-state index in [0.29, 0.717) is 6.42 Å². The Balaban J connectivity index is 1.65. The second kappa shape index (κ2) is 4.97. The van der Waals surface area contributed by atoms with E-state index in [1.807, 2.05) is 18.2 Å². The Bertz CT molecular complexity index is 696. The standard InChI is InChI=1S/C17H17NO2S/c19-16-9-12-7-11(5-6-13(12)18-16)17(20)15-8-10-3-1-2-4-14(10)21-15/h5-8,17,20H,1-4,9H2,(H,18,19). The van der Waals surface area contributed by atoms with Crippen LogP contribution in [0.2, 0.25) is 0 Å². The molecule has 1 aromatic heterocycles. The topological polar surface area (TPSA) is 49.3 Å². The van der Waals surface area contributed by atoms with Crippen LogP contribution in [0.15, 0.2) is 24.3 Å². The predicted octanol–water partition coefficient (Wildman–Crippen LogP) is 3.20. The molecule has 0 saturated heterocycles. The number of fused-ring (bicyclic) bond motifs is 2. The molecule has 108 valence electrons. The summed E-state index contributed by atoms with van der Waals surface area (Å²) in [5, 5.41) is 13.5. The summed E-state index contributed by atoms with van der Waals surface area (Å²) in [5.41, 5.74) is 4.15. The molecule has 4 rings (SSSR count). The number of nitrogens with one attached hydrogen (secondary N) is 1. The number of anilines is 1. The van der Waals surface area contributed by atoms with Gasteiger partial charge in [0, 0.05) is 15.4 Å². The third kappa shape index (κ3) is 2.28. The van der Waals surface area contributed by atoms with Crippen molar-refractivity contribution in [2.75, 3.05) is 5.32 Å². The van der Waals surface area contributed by atoms with E-state index in [4.69, 9.17) is 0 Å². The second-order valence-corrected chi connectivity index (χ2v) is 7.02. The lowest BCUT2D eigenvalue weighted by Gasteiger charge is -2.10. The number of amides is 1. The van der Waals surface area contributed by atoms with E-state index in [1.165, 1.54) is 23.3 Å². The molecule has 1 amide bonds. The number of rotatable bonds is 2. The number of aliphatic hydroxyl groups is 1. The second-order valence-electron chi connectivity index (χ2n) is 5.85. The first-order valence-electron chi connectivity index (χ1n) is 7.43. The number of benzene rings is 1. The quantitative estimate of drug-likeness (QED) is 0.894. The van der Waals surface area contributed by atoms with Gasteiger partial charge in [0.25, 0.3) is 0 Å². The molecule has 0 bridgehead atoms. The Morgan fingerprint density at radius 1 is 1.14 bits per heavy atom. The molecule has 1 aliphatic carbocycles. The Hall–Kier alpha value is -1.65. The van der Waals surface area contributed by atoms with E-state index in [-0.39, 0.29) is 5.91 Å². The fraction of sp³-hybridized carbons (Fsp3) is 0.353. The maximum atomic E-state index is 11.4. The van der Waals surface area contributed by atoms with E-state index in [2.05, 4.69) is 11.4 Å². The summed E-state index contributed by atoms with van der Waals surface area (Å²) in [6.07, 6.45) is 4.64. The minimum atomic E-state index is -0.582. The van der Waals surface area contributed by atoms with Gasteiger partial charge >= 0.3 is 0 Å². The number of carbonyl (C=O) groups is 1. The van der Waals surface area contributed by atoms with Crippen molar-refractivity contribution in [2.45, 2.75) is 38.2 Å². The molecule has 2 aromatic rings. The predicted molar refractivity (Wildman–Crippen MR) is 83.8 cm³/mol. The van der Waals surface area contributed by atoms with Gasteiger partial charge in [-0.1, -0.05) is 12.1 Å². The van der Waals surface area contributed by atoms with Crippen LogP contribution in [0.4, 0.5) is 5.69 Å². The van der Waals surface area contributed by atoms with Crippen molar-refractivity contribution in [2.24, 2.45) is 0 Å². The molecular weight excluding hydrogens is 282 g/mol. The van der Waals surface area contributed by atoms with Gasteiger partial charge in [-0.05, 0) is 54.5 Å². The summed E-state index contributed by atoms with van der Waals surface area (Å²) >= 11 is 1.74. The van der Waals surface area contributed by atoms with Crippen molar-refractivity contribution >= 4 is 22.9 Å². The number of aryl methyl sites for hydroxylation is 2. The Morgan fingerprint density at radius 3 is 2.86 bits per heavy atom. The Morgan fingerprint density at radius 2 is 2.00 bits per heavy atom. The van der Waals surface area contributed by atoms with Gasteiger partial charge in [-0.25, -0.2) is 0 Å². The number of carbonyl (C=O) groups excluding carboxylic acids is 1. The fourth-order valence-corrected chi connectivity index (χ4v) is 4.50. The summed E-state index contributed by atoms with van der Waals surface area (Å²) in [6.45, 7) is 0. The van der Waals surface area contributed by atoms with Gasteiger partial charge in [-0.2, -0.15) is 0 Å². The molecule has 0 saturated carbocycles. The molecule has 0 spiro atoms. The van der Waals surface area contributed by atoms with Gasteiger partial charge in [-0.3, -0.25) is 4.79 Å². The summed E-state index contributed by atoms with van der Waals surface area (Å²) in [6, 6.07) is 7.93. The highest BCUT2D eigenvalue weighted by atomic mass is 32.1. The normalized spacial score (nSPS) is 18.0. The first kappa shape index (κ1) is 13.0. The maximum absolute atomic E-state index is 11.4. The average molecular weight is 299 g/mol. The van der Waals surface area contributed by atoms with Crippen LogP contribution in [0.1, 0.15) is 45.4 Å². The van der Waals surface area contributed by atoms with E-state index >= 15 is 0 Å². The Labute approximate surface area is 127 Å². The van der Waals surface area contributed by atoms with Crippen LogP contribution in [-0.4, -0.2) is 11.0 Å². The minimum absolute atomic E-state index is 0.0308. The maximum Gasteiger partial charge on any atom is 0.228 e. The molecule has 1 aromatic carbocycles. The molecular formula is C17H17NO2S. The van der Waals surface area contributed by atoms with E-state index in [9.17, 15) is 9.90 Å². The van der Waals surface area contributed by atoms with Crippen LogP contribution in [0.5, 0.6) is 0 Å². The molecule has 3 nitrogen and oxygen atoms in total. The monoisotopic (exact) mass is 299 g/mol. The molecule has 2 aliphatic rings. The first-order chi connectivity index (χ1) is 10.2. The van der Waals surface area contributed by atoms with Crippen LogP contribution < -0.4 is 5.32 Å². The SMILES string of the molecule is O=C1Cc2cc(C(O)c3cc4c(s3)CCCC4)ccc2N1. The van der Waals surface area contributed by atoms with Gasteiger partial charge in [0.05, 0.1) is 6.42 Å². The van der Waals surface area contributed by atoms with Crippen LogP contribution in [0.25, 0.3) is 0 Å². The summed E-state index contributed by atoms with van der Waals surface area (Å²) in [5.74, 6) is 0.0308. The summed E-state index contributed by atoms with van der Waals surface area (Å²) in [4.78, 5) is 13.9. The van der Waals surface area contributed by atoms with E-state index < -0.39 is 6.10 Å². The lowest BCUT2D eigenvalue weighted by Crippen LogP contribution is -2.03. The van der Waals surface area contributed by atoms with Crippen LogP contribution in [0.3, 0.4) is 0 Å². The van der Waals surface area contributed by atoms with Gasteiger partial charge in [-0.15, -0.1) is 11.3 Å². The lowest BCUT2D eigenvalue weighted by atomic mass is 9.98. The number of hydrogen-bond acceptors (Lipinski definition) is 3. The molecule has 1 unspecified atom stereocenters. The summed E-state index contributed by atoms with van der Waals surface area (Å²) < 4.78 is 0. The van der Waals surface area contributed by atoms with Crippen LogP contribution in [0, 0.1) is 0 Å². The molecule has 2 N–H and O–H groups in total. The molecule has 0 fully saturated rings. The molecule has 1 atom stereocenters. The van der Waals surface area contributed by atoms with Crippen molar-refractivity contribution in [3.8, 4) is 0 Å². The van der Waals surface area contributed by atoms with E-state index in [1.54, 1.807) is 11.3 Å². The largest absolute Gasteiger partial charge is 0.383 e. The summed E-state index contributed by atoms with van der Waals surface area (Å²) in [7, 11) is 0. The van der Waals surface area contributed by atoms with Gasteiger partial charge < -0.3 is 10.4 Å². The highest BCUT2D eigenvalue weighted by Crippen LogP contribution is 2.36. The van der Waals surface area contributed by atoms with Crippen LogP contribution >= 0.6 is 11.3 Å². The van der Waals surface area contributed by atoms with Crippen molar-refractivity contribution in [1.82, 2.24) is 0 Å². The van der Waals surface area contributed by atoms with Crippen molar-refractivity contribution in [3.63, 3.8) is 0 Å². The molecule has 1 aliphatic heterocycles. The van der Waals surface area contributed by atoms with Gasteiger partial charge in [0.2, 0.25) is 5.91 Å². The van der Waals surface area contributed by atoms with Crippen molar-refractivity contribution in [1.29, 1.82) is 0 Å². The van der Waals surface area contributed by atoms with E-state index in [0.717, 1.165) is 34.5 Å². The minimum Gasteiger partial charge on any atom is -0.383 e. The third-order valence-electron chi connectivity index (χ3n) is 4.36. The van der Waals surface area contributed by atoms with Crippen molar-refractivity contribution in [3.05, 3.63) is 50.7 Å².